The fourth-order valence-electron chi connectivity index (χ4n) is 2.43. The third-order valence-corrected chi connectivity index (χ3v) is 4.31. The molecule has 3 rings (SSSR count). The van der Waals surface area contributed by atoms with Crippen molar-refractivity contribution < 1.29 is 4.74 Å². The van der Waals surface area contributed by atoms with Crippen molar-refractivity contribution in [2.45, 2.75) is 6.54 Å². The first-order valence-corrected chi connectivity index (χ1v) is 7.86. The summed E-state index contributed by atoms with van der Waals surface area (Å²) in [6.07, 6.45) is 0. The van der Waals surface area contributed by atoms with Crippen molar-refractivity contribution >= 4 is 34.4 Å². The summed E-state index contributed by atoms with van der Waals surface area (Å²) in [5.41, 5.74) is -0.412. The summed E-state index contributed by atoms with van der Waals surface area (Å²) in [4.78, 5) is 28.5. The van der Waals surface area contributed by atoms with Gasteiger partial charge in [0.1, 0.15) is 12.4 Å². The van der Waals surface area contributed by atoms with Crippen LogP contribution in [0.2, 0.25) is 10.3 Å². The van der Waals surface area contributed by atoms with E-state index in [0.717, 1.165) is 4.57 Å². The number of aryl methyl sites for hydroxylation is 1. The summed E-state index contributed by atoms with van der Waals surface area (Å²) in [5.74, 6) is 0.542. The van der Waals surface area contributed by atoms with E-state index in [2.05, 4.69) is 4.98 Å². The number of hydrogen-bond donors (Lipinski definition) is 0. The van der Waals surface area contributed by atoms with Crippen LogP contribution in [0.4, 0.5) is 0 Å². The third kappa shape index (κ3) is 2.70. The van der Waals surface area contributed by atoms with Crippen LogP contribution in [0.3, 0.4) is 0 Å². The fourth-order valence-corrected chi connectivity index (χ4v) is 2.87. The van der Waals surface area contributed by atoms with Gasteiger partial charge in [-0.1, -0.05) is 23.7 Å². The van der Waals surface area contributed by atoms with Crippen LogP contribution in [-0.2, 0) is 20.6 Å². The lowest BCUT2D eigenvalue weighted by Gasteiger charge is -2.10. The molecule has 2 heterocycles. The zero-order valence-electron chi connectivity index (χ0n) is 13.0. The molecule has 0 amide bonds. The minimum absolute atomic E-state index is 0.117. The van der Waals surface area contributed by atoms with Gasteiger partial charge in [-0.15, -0.1) is 0 Å². The van der Waals surface area contributed by atoms with E-state index in [9.17, 15) is 9.59 Å². The van der Waals surface area contributed by atoms with Gasteiger partial charge in [-0.2, -0.15) is 4.98 Å². The predicted octanol–water partition coefficient (Wildman–Crippen LogP) is 1.82. The van der Waals surface area contributed by atoms with Crippen molar-refractivity contribution in [2.24, 2.45) is 14.1 Å². The first-order chi connectivity index (χ1) is 11.4. The van der Waals surface area contributed by atoms with Gasteiger partial charge in [-0.05, 0) is 23.7 Å². The van der Waals surface area contributed by atoms with Crippen LogP contribution >= 0.6 is 23.2 Å². The van der Waals surface area contributed by atoms with E-state index in [4.69, 9.17) is 27.9 Å². The molecule has 7 nitrogen and oxygen atoms in total. The van der Waals surface area contributed by atoms with E-state index < -0.39 is 11.2 Å². The van der Waals surface area contributed by atoms with E-state index in [1.165, 1.54) is 23.2 Å². The molecule has 0 saturated heterocycles. The highest BCUT2D eigenvalue weighted by Crippen LogP contribution is 2.23. The largest absolute Gasteiger partial charge is 0.490 e. The van der Waals surface area contributed by atoms with Gasteiger partial charge in [0.25, 0.3) is 5.56 Å². The smallest absolute Gasteiger partial charge is 0.332 e. The number of benzene rings is 1. The number of nitrogens with zero attached hydrogens (tertiary/aromatic N) is 4. The van der Waals surface area contributed by atoms with Gasteiger partial charge in [0, 0.05) is 14.1 Å². The van der Waals surface area contributed by atoms with Gasteiger partial charge in [-0.25, -0.2) is 4.79 Å². The molecule has 0 bridgehead atoms. The maximum Gasteiger partial charge on any atom is 0.332 e. The van der Waals surface area contributed by atoms with Crippen LogP contribution in [0.15, 0.2) is 33.9 Å². The standard InChI is InChI=1S/C15H14Cl2N4O3/c1-19-12-11(13(22)20(2)15(19)23)21(14(17)18-12)7-8-24-10-6-4-3-5-9(10)16/h3-6H,7-8H2,1-2H3. The Balaban J connectivity index is 1.96. The first kappa shape index (κ1) is 16.6. The Hall–Kier alpha value is -2.25. The Morgan fingerprint density at radius 1 is 1.12 bits per heavy atom. The molecule has 9 heteroatoms. The van der Waals surface area contributed by atoms with E-state index in [0.29, 0.717) is 10.8 Å². The second-order valence-electron chi connectivity index (χ2n) is 5.19. The Morgan fingerprint density at radius 2 is 1.83 bits per heavy atom. The van der Waals surface area contributed by atoms with E-state index in [-0.39, 0.29) is 29.6 Å². The van der Waals surface area contributed by atoms with Crippen molar-refractivity contribution in [3.05, 3.63) is 55.4 Å². The molecule has 0 spiro atoms. The van der Waals surface area contributed by atoms with Gasteiger partial charge < -0.3 is 9.30 Å². The molecule has 1 aromatic carbocycles. The monoisotopic (exact) mass is 368 g/mol. The number of fused-ring (bicyclic) bond motifs is 1. The summed E-state index contributed by atoms with van der Waals surface area (Å²) in [7, 11) is 2.95. The molecule has 0 fully saturated rings. The number of ether oxygens (including phenoxy) is 1. The Bertz CT molecular complexity index is 1040. The molecule has 0 atom stereocenters. The number of para-hydroxylation sites is 1. The van der Waals surface area contributed by atoms with E-state index in [1.807, 2.05) is 6.07 Å². The molecule has 0 aliphatic carbocycles. The van der Waals surface area contributed by atoms with Crippen molar-refractivity contribution in [1.82, 2.24) is 18.7 Å². The minimum Gasteiger partial charge on any atom is -0.490 e. The second-order valence-corrected chi connectivity index (χ2v) is 5.93. The van der Waals surface area contributed by atoms with Gasteiger partial charge in [0.15, 0.2) is 11.2 Å². The highest BCUT2D eigenvalue weighted by atomic mass is 35.5. The molecular formula is C15H14Cl2N4O3. The zero-order valence-corrected chi connectivity index (χ0v) is 14.5. The summed E-state index contributed by atoms with van der Waals surface area (Å²) in [6, 6.07) is 7.09. The maximum absolute atomic E-state index is 12.4. The molecule has 0 aliphatic rings. The number of aromatic nitrogens is 4. The summed E-state index contributed by atoms with van der Waals surface area (Å²) < 4.78 is 9.45. The lowest BCUT2D eigenvalue weighted by molar-refractivity contribution is 0.300. The number of halogens is 2. The Kier molecular flexibility index (Phi) is 4.38. The maximum atomic E-state index is 12.4. The highest BCUT2D eigenvalue weighted by Gasteiger charge is 2.18. The Morgan fingerprint density at radius 3 is 2.54 bits per heavy atom. The minimum atomic E-state index is -0.457. The highest BCUT2D eigenvalue weighted by molar-refractivity contribution is 6.32. The van der Waals surface area contributed by atoms with Crippen LogP contribution in [0.25, 0.3) is 11.2 Å². The molecular weight excluding hydrogens is 355 g/mol. The van der Waals surface area contributed by atoms with Gasteiger partial charge in [-0.3, -0.25) is 13.9 Å². The van der Waals surface area contributed by atoms with Crippen molar-refractivity contribution in [3.63, 3.8) is 0 Å². The molecule has 24 heavy (non-hydrogen) atoms. The normalized spacial score (nSPS) is 11.2. The summed E-state index contributed by atoms with van der Waals surface area (Å²) in [6.45, 7) is 0.523. The van der Waals surface area contributed by atoms with E-state index >= 15 is 0 Å². The average molecular weight is 369 g/mol. The second kappa shape index (κ2) is 6.33. The van der Waals surface area contributed by atoms with Crippen molar-refractivity contribution in [3.8, 4) is 5.75 Å². The molecule has 0 N–H and O–H groups in total. The fraction of sp³-hybridized carbons (Fsp3) is 0.267. The topological polar surface area (TPSA) is 71.0 Å². The first-order valence-electron chi connectivity index (χ1n) is 7.11. The zero-order chi connectivity index (χ0) is 17.4. The SMILES string of the molecule is Cn1c(=O)c2c(nc(Cl)n2CCOc2ccccc2Cl)n(C)c1=O. The summed E-state index contributed by atoms with van der Waals surface area (Å²) in [5, 5.41) is 0.614. The summed E-state index contributed by atoms with van der Waals surface area (Å²) >= 11 is 12.2. The molecule has 2 aromatic heterocycles. The molecule has 0 saturated carbocycles. The average Bonchev–Trinajstić information content (AvgIpc) is 2.90. The Labute approximate surface area is 146 Å². The number of imidazole rings is 1. The van der Waals surface area contributed by atoms with Crippen molar-refractivity contribution in [1.29, 1.82) is 0 Å². The van der Waals surface area contributed by atoms with Crippen LogP contribution < -0.4 is 16.0 Å². The van der Waals surface area contributed by atoms with Crippen LogP contribution in [0, 0.1) is 0 Å². The molecule has 3 aromatic rings. The number of hydrogen-bond acceptors (Lipinski definition) is 4. The van der Waals surface area contributed by atoms with Gasteiger partial charge >= 0.3 is 5.69 Å². The molecule has 0 aliphatic heterocycles. The van der Waals surface area contributed by atoms with E-state index in [1.54, 1.807) is 18.2 Å². The van der Waals surface area contributed by atoms with Crippen LogP contribution in [-0.4, -0.2) is 25.3 Å². The van der Waals surface area contributed by atoms with Gasteiger partial charge in [0.05, 0.1) is 11.6 Å². The van der Waals surface area contributed by atoms with Crippen LogP contribution in [0.5, 0.6) is 5.75 Å². The quantitative estimate of drug-likeness (QED) is 0.658. The van der Waals surface area contributed by atoms with Crippen molar-refractivity contribution in [2.75, 3.05) is 6.61 Å². The number of rotatable bonds is 4. The van der Waals surface area contributed by atoms with Crippen LogP contribution in [0.1, 0.15) is 0 Å². The molecule has 0 radical (unpaired) electrons. The molecule has 0 unspecified atom stereocenters. The lowest BCUT2D eigenvalue weighted by atomic mass is 10.3. The third-order valence-electron chi connectivity index (χ3n) is 3.71. The predicted molar refractivity (Wildman–Crippen MR) is 92.2 cm³/mol. The lowest BCUT2D eigenvalue weighted by Crippen LogP contribution is -2.37. The van der Waals surface area contributed by atoms with Gasteiger partial charge in [0.2, 0.25) is 5.28 Å². The molecule has 126 valence electrons.